The van der Waals surface area contributed by atoms with Crippen LogP contribution in [0.5, 0.6) is 11.5 Å². The lowest BCUT2D eigenvalue weighted by Gasteiger charge is -2.14. The van der Waals surface area contributed by atoms with Crippen molar-refractivity contribution < 1.29 is 18.8 Å². The maximum absolute atomic E-state index is 13.0. The molecule has 0 spiro atoms. The van der Waals surface area contributed by atoms with E-state index in [2.05, 4.69) is 9.97 Å². The predicted octanol–water partition coefficient (Wildman–Crippen LogP) is 1.29. The highest BCUT2D eigenvalue weighted by atomic mass is 19.1. The van der Waals surface area contributed by atoms with E-state index in [0.29, 0.717) is 41.3 Å². The third-order valence-corrected chi connectivity index (χ3v) is 4.15. The van der Waals surface area contributed by atoms with Crippen LogP contribution in [0.15, 0.2) is 41.2 Å². The number of aromatic amines is 1. The van der Waals surface area contributed by atoms with Crippen LogP contribution < -0.4 is 19.9 Å². The summed E-state index contributed by atoms with van der Waals surface area (Å²) in [6.07, 6.45) is 0. The Labute approximate surface area is 150 Å². The first-order chi connectivity index (χ1) is 12.5. The molecule has 136 valence electrons. The Morgan fingerprint density at radius 1 is 1.08 bits per heavy atom. The van der Waals surface area contributed by atoms with Gasteiger partial charge in [0.1, 0.15) is 18.9 Å². The van der Waals surface area contributed by atoms with Crippen LogP contribution >= 0.6 is 0 Å². The molecule has 6 nitrogen and oxygen atoms in total. The zero-order valence-corrected chi connectivity index (χ0v) is 14.9. The molecule has 1 unspecified atom stereocenters. The van der Waals surface area contributed by atoms with Crippen molar-refractivity contribution in [1.29, 1.82) is 0 Å². The van der Waals surface area contributed by atoms with Gasteiger partial charge in [-0.3, -0.25) is 4.79 Å². The van der Waals surface area contributed by atoms with Crippen LogP contribution in [0.3, 0.4) is 0 Å². The Balaban J connectivity index is 1.85. The number of methoxy groups -OCH3 is 2. The van der Waals surface area contributed by atoms with E-state index in [1.807, 2.05) is 7.05 Å². The standard InChI is InChI=1S/C19H20FN3O3/c1-23(10-12-4-6-13(20)7-5-12)11-18-21-15-9-17(26-3)16(25-2)8-14(15)19(24)22-18/h4-9H,10-11H2,1-3H3,(H,21,22,24)/p+1. The van der Waals surface area contributed by atoms with Gasteiger partial charge in [0.25, 0.3) is 5.56 Å². The molecule has 0 aliphatic heterocycles. The molecule has 0 saturated heterocycles. The van der Waals surface area contributed by atoms with E-state index in [0.717, 1.165) is 10.5 Å². The van der Waals surface area contributed by atoms with Gasteiger partial charge in [0.05, 0.1) is 32.2 Å². The summed E-state index contributed by atoms with van der Waals surface area (Å²) >= 11 is 0. The van der Waals surface area contributed by atoms with Crippen LogP contribution in [0.2, 0.25) is 0 Å². The highest BCUT2D eigenvalue weighted by Crippen LogP contribution is 2.29. The van der Waals surface area contributed by atoms with Gasteiger partial charge >= 0.3 is 0 Å². The molecule has 7 heteroatoms. The number of nitrogens with zero attached hydrogens (tertiary/aromatic N) is 1. The number of ether oxygens (including phenoxy) is 2. The normalized spacial score (nSPS) is 12.2. The molecule has 1 atom stereocenters. The summed E-state index contributed by atoms with van der Waals surface area (Å²) in [5.41, 5.74) is 1.34. The molecule has 1 aromatic heterocycles. The fourth-order valence-electron chi connectivity index (χ4n) is 2.90. The van der Waals surface area contributed by atoms with Crippen molar-refractivity contribution in [2.75, 3.05) is 21.3 Å². The Hall–Kier alpha value is -2.93. The monoisotopic (exact) mass is 358 g/mol. The number of hydrogen-bond donors (Lipinski definition) is 2. The summed E-state index contributed by atoms with van der Waals surface area (Å²) in [6.45, 7) is 1.21. The Morgan fingerprint density at radius 3 is 2.38 bits per heavy atom. The lowest BCUT2D eigenvalue weighted by atomic mass is 10.2. The number of rotatable bonds is 6. The summed E-state index contributed by atoms with van der Waals surface area (Å²) < 4.78 is 23.5. The molecule has 3 rings (SSSR count). The van der Waals surface area contributed by atoms with Gasteiger partial charge in [0.15, 0.2) is 17.3 Å². The third kappa shape index (κ3) is 3.83. The van der Waals surface area contributed by atoms with Crippen LogP contribution in [0.4, 0.5) is 4.39 Å². The van der Waals surface area contributed by atoms with Gasteiger partial charge in [-0.25, -0.2) is 9.37 Å². The molecular formula is C19H21FN3O3+. The van der Waals surface area contributed by atoms with Gasteiger partial charge in [0, 0.05) is 11.6 Å². The lowest BCUT2D eigenvalue weighted by molar-refractivity contribution is -0.908. The van der Waals surface area contributed by atoms with Crippen LogP contribution in [0.25, 0.3) is 10.9 Å². The van der Waals surface area contributed by atoms with Gasteiger partial charge in [-0.1, -0.05) is 12.1 Å². The average molecular weight is 358 g/mol. The molecule has 2 aromatic carbocycles. The molecule has 0 saturated carbocycles. The highest BCUT2D eigenvalue weighted by molar-refractivity contribution is 5.81. The summed E-state index contributed by atoms with van der Waals surface area (Å²) in [5, 5.41) is 0.447. The molecule has 0 amide bonds. The van der Waals surface area contributed by atoms with Gasteiger partial charge in [-0.15, -0.1) is 0 Å². The van der Waals surface area contributed by atoms with Crippen molar-refractivity contribution in [3.8, 4) is 11.5 Å². The SMILES string of the molecule is COc1cc2nc(C[NH+](C)Cc3ccc(F)cc3)[nH]c(=O)c2cc1OC. The van der Waals surface area contributed by atoms with Gasteiger partial charge in [-0.2, -0.15) is 0 Å². The van der Waals surface area contributed by atoms with E-state index < -0.39 is 0 Å². The lowest BCUT2D eigenvalue weighted by Crippen LogP contribution is -3.06. The topological polar surface area (TPSA) is 68.7 Å². The van der Waals surface area contributed by atoms with Crippen LogP contribution in [0, 0.1) is 5.82 Å². The first-order valence-corrected chi connectivity index (χ1v) is 8.21. The second-order valence-corrected chi connectivity index (χ2v) is 6.17. The van der Waals surface area contributed by atoms with Crippen molar-refractivity contribution in [2.45, 2.75) is 13.1 Å². The molecule has 3 aromatic rings. The molecule has 0 radical (unpaired) electrons. The zero-order valence-electron chi connectivity index (χ0n) is 14.9. The Bertz CT molecular complexity index is 970. The largest absolute Gasteiger partial charge is 0.493 e. The molecule has 0 aliphatic rings. The minimum Gasteiger partial charge on any atom is -0.493 e. The van der Waals surface area contributed by atoms with E-state index in [1.54, 1.807) is 31.4 Å². The maximum Gasteiger partial charge on any atom is 0.259 e. The van der Waals surface area contributed by atoms with Crippen molar-refractivity contribution in [1.82, 2.24) is 9.97 Å². The quantitative estimate of drug-likeness (QED) is 0.697. The first kappa shape index (κ1) is 17.9. The molecule has 26 heavy (non-hydrogen) atoms. The highest BCUT2D eigenvalue weighted by Gasteiger charge is 2.13. The number of halogens is 1. The van der Waals surface area contributed by atoms with Crippen molar-refractivity contribution in [3.63, 3.8) is 0 Å². The summed E-state index contributed by atoms with van der Waals surface area (Å²) in [5.74, 6) is 1.33. The second kappa shape index (κ2) is 7.53. The fourth-order valence-corrected chi connectivity index (χ4v) is 2.90. The van der Waals surface area contributed by atoms with E-state index in [4.69, 9.17) is 9.47 Å². The van der Waals surface area contributed by atoms with Crippen LogP contribution in [0.1, 0.15) is 11.4 Å². The van der Waals surface area contributed by atoms with Crippen LogP contribution in [-0.4, -0.2) is 31.2 Å². The number of nitrogens with one attached hydrogen (secondary N) is 2. The maximum atomic E-state index is 13.0. The molecule has 0 aliphatic carbocycles. The number of aromatic nitrogens is 2. The van der Waals surface area contributed by atoms with E-state index in [-0.39, 0.29) is 11.4 Å². The molecule has 0 bridgehead atoms. The minimum absolute atomic E-state index is 0.222. The van der Waals surface area contributed by atoms with Gasteiger partial charge in [0.2, 0.25) is 0 Å². The minimum atomic E-state index is -0.253. The predicted molar refractivity (Wildman–Crippen MR) is 96.2 cm³/mol. The zero-order chi connectivity index (χ0) is 18.7. The van der Waals surface area contributed by atoms with Crippen LogP contribution in [-0.2, 0) is 13.1 Å². The number of H-pyrrole nitrogens is 1. The first-order valence-electron chi connectivity index (χ1n) is 8.21. The van der Waals surface area contributed by atoms with Crippen molar-refractivity contribution >= 4 is 10.9 Å². The summed E-state index contributed by atoms with van der Waals surface area (Å²) in [4.78, 5) is 20.9. The average Bonchev–Trinajstić information content (AvgIpc) is 2.62. The fraction of sp³-hybridized carbons (Fsp3) is 0.263. The summed E-state index contributed by atoms with van der Waals surface area (Å²) in [7, 11) is 5.05. The summed E-state index contributed by atoms with van der Waals surface area (Å²) in [6, 6.07) is 9.72. The van der Waals surface area contributed by atoms with Crippen molar-refractivity contribution in [2.24, 2.45) is 0 Å². The number of quaternary nitrogens is 1. The van der Waals surface area contributed by atoms with Gasteiger partial charge in [-0.05, 0) is 18.2 Å². The Kier molecular flexibility index (Phi) is 5.18. The second-order valence-electron chi connectivity index (χ2n) is 6.17. The van der Waals surface area contributed by atoms with Crippen molar-refractivity contribution in [3.05, 3.63) is 64.0 Å². The van der Waals surface area contributed by atoms with Gasteiger partial charge < -0.3 is 19.4 Å². The van der Waals surface area contributed by atoms with E-state index in [9.17, 15) is 9.18 Å². The number of hydrogen-bond acceptors (Lipinski definition) is 4. The number of fused-ring (bicyclic) bond motifs is 1. The van der Waals surface area contributed by atoms with E-state index >= 15 is 0 Å². The Morgan fingerprint density at radius 2 is 1.73 bits per heavy atom. The third-order valence-electron chi connectivity index (χ3n) is 4.15. The van der Waals surface area contributed by atoms with E-state index in [1.165, 1.54) is 19.2 Å². The molecule has 2 N–H and O–H groups in total. The number of benzene rings is 2. The smallest absolute Gasteiger partial charge is 0.259 e. The molecule has 1 heterocycles. The molecule has 0 fully saturated rings. The molecular weight excluding hydrogens is 337 g/mol.